The Hall–Kier alpha value is -2.83. The number of aromatic carboxylic acids is 1. The first-order valence-corrected chi connectivity index (χ1v) is 15.1. The van der Waals surface area contributed by atoms with E-state index in [-0.39, 0.29) is 27.4 Å². The molecule has 1 aromatic heterocycles. The first-order valence-electron chi connectivity index (χ1n) is 11.9. The molecule has 1 saturated heterocycles. The number of nitrogens with zero attached hydrogens (tertiary/aromatic N) is 1. The van der Waals surface area contributed by atoms with Gasteiger partial charge in [0.05, 0.1) is 17.7 Å². The molecular weight excluding hydrogens is 587 g/mol. The molecule has 0 saturated carbocycles. The minimum absolute atomic E-state index is 0.0411. The number of halogens is 2. The van der Waals surface area contributed by atoms with Crippen molar-refractivity contribution in [1.29, 1.82) is 0 Å². The predicted molar refractivity (Wildman–Crippen MR) is 152 cm³/mol. The van der Waals surface area contributed by atoms with E-state index in [4.69, 9.17) is 27.9 Å². The highest BCUT2D eigenvalue weighted by atomic mass is 35.5. The molecule has 0 unspecified atom stereocenters. The average molecular weight is 614 g/mol. The van der Waals surface area contributed by atoms with E-state index in [1.54, 1.807) is 30.3 Å². The van der Waals surface area contributed by atoms with Crippen molar-refractivity contribution in [3.05, 3.63) is 69.0 Å². The highest BCUT2D eigenvalue weighted by Crippen LogP contribution is 2.46. The summed E-state index contributed by atoms with van der Waals surface area (Å²) in [6.07, 6.45) is 1.22. The maximum Gasteiger partial charge on any atom is 0.349 e. The summed E-state index contributed by atoms with van der Waals surface area (Å²) in [5.41, 5.74) is 2.03. The molecule has 2 aromatic carbocycles. The number of anilines is 1. The van der Waals surface area contributed by atoms with Crippen molar-refractivity contribution in [2.24, 2.45) is 0 Å². The molecule has 1 aliphatic heterocycles. The van der Waals surface area contributed by atoms with Crippen LogP contribution in [0.4, 0.5) is 5.69 Å². The number of carboxylic acids is 1. The Kier molecular flexibility index (Phi) is 9.39. The number of hydrogen-bond donors (Lipinski definition) is 2. The molecule has 13 heteroatoms. The summed E-state index contributed by atoms with van der Waals surface area (Å²) < 4.78 is 37.3. The number of nitrogens with one attached hydrogen (secondary N) is 1. The SMILES string of the molecule is COC(=O)COc1c(C(=O)O)sc(-c2cccc(NC3CCN(S(=O)(=O)Cc4ccccc4Cl)CC3)c2)c1Cl. The van der Waals surface area contributed by atoms with Crippen molar-refractivity contribution in [2.75, 3.05) is 32.1 Å². The number of benzene rings is 2. The van der Waals surface area contributed by atoms with Crippen molar-refractivity contribution in [1.82, 2.24) is 4.31 Å². The third kappa shape index (κ3) is 7.03. The number of piperidine rings is 1. The zero-order chi connectivity index (χ0) is 28.2. The number of esters is 1. The lowest BCUT2D eigenvalue weighted by Crippen LogP contribution is -2.42. The summed E-state index contributed by atoms with van der Waals surface area (Å²) in [5.74, 6) is -2.11. The van der Waals surface area contributed by atoms with Gasteiger partial charge in [0, 0.05) is 29.8 Å². The lowest BCUT2D eigenvalue weighted by atomic mass is 10.1. The summed E-state index contributed by atoms with van der Waals surface area (Å²) in [4.78, 5) is 23.6. The molecule has 39 heavy (non-hydrogen) atoms. The van der Waals surface area contributed by atoms with Crippen molar-refractivity contribution < 1.29 is 32.6 Å². The van der Waals surface area contributed by atoms with Crippen LogP contribution in [0.3, 0.4) is 0 Å². The maximum absolute atomic E-state index is 12.9. The van der Waals surface area contributed by atoms with Gasteiger partial charge in [-0.1, -0.05) is 53.5 Å². The first-order chi connectivity index (χ1) is 18.6. The smallest absolute Gasteiger partial charge is 0.349 e. The van der Waals surface area contributed by atoms with Crippen LogP contribution in [0.25, 0.3) is 10.4 Å². The fraction of sp³-hybridized carbons (Fsp3) is 0.308. The average Bonchev–Trinajstić information content (AvgIpc) is 3.25. The van der Waals surface area contributed by atoms with E-state index in [0.29, 0.717) is 47.0 Å². The van der Waals surface area contributed by atoms with Crippen molar-refractivity contribution in [2.45, 2.75) is 24.6 Å². The van der Waals surface area contributed by atoms with Gasteiger partial charge < -0.3 is 19.9 Å². The van der Waals surface area contributed by atoms with Gasteiger partial charge in [0.25, 0.3) is 0 Å². The van der Waals surface area contributed by atoms with Crippen LogP contribution in [0.15, 0.2) is 48.5 Å². The topological polar surface area (TPSA) is 122 Å². The summed E-state index contributed by atoms with van der Waals surface area (Å²) in [5, 5.41) is 13.6. The Bertz CT molecular complexity index is 1470. The highest BCUT2D eigenvalue weighted by molar-refractivity contribution is 7.88. The second-order valence-corrected chi connectivity index (χ2v) is 12.6. The first kappa shape index (κ1) is 29.2. The largest absolute Gasteiger partial charge is 0.479 e. The Morgan fingerprint density at radius 3 is 2.51 bits per heavy atom. The third-order valence-electron chi connectivity index (χ3n) is 6.20. The highest BCUT2D eigenvalue weighted by Gasteiger charge is 2.29. The van der Waals surface area contributed by atoms with Crippen molar-refractivity contribution in [3.63, 3.8) is 0 Å². The Labute approximate surface area is 240 Å². The fourth-order valence-electron chi connectivity index (χ4n) is 4.21. The molecule has 2 N–H and O–H groups in total. The van der Waals surface area contributed by atoms with Crippen LogP contribution in [0.2, 0.25) is 10.0 Å². The molecule has 0 radical (unpaired) electrons. The molecular formula is C26H26Cl2N2O7S2. The van der Waals surface area contributed by atoms with Crippen LogP contribution < -0.4 is 10.1 Å². The number of carboxylic acid groups (broad SMARTS) is 1. The monoisotopic (exact) mass is 612 g/mol. The number of thiophene rings is 1. The molecule has 1 fully saturated rings. The zero-order valence-corrected chi connectivity index (χ0v) is 24.0. The molecule has 0 atom stereocenters. The lowest BCUT2D eigenvalue weighted by Gasteiger charge is -2.32. The minimum Gasteiger partial charge on any atom is -0.479 e. The van der Waals surface area contributed by atoms with Gasteiger partial charge in [0.2, 0.25) is 10.0 Å². The van der Waals surface area contributed by atoms with Gasteiger partial charge in [-0.2, -0.15) is 0 Å². The van der Waals surface area contributed by atoms with E-state index >= 15 is 0 Å². The van der Waals surface area contributed by atoms with Gasteiger partial charge in [0.15, 0.2) is 17.2 Å². The summed E-state index contributed by atoms with van der Waals surface area (Å²) in [7, 11) is -2.30. The minimum atomic E-state index is -3.50. The number of hydrogen-bond acceptors (Lipinski definition) is 8. The number of methoxy groups -OCH3 is 1. The number of carbonyl (C=O) groups is 2. The number of carbonyl (C=O) groups excluding carboxylic acids is 1. The van der Waals surface area contributed by atoms with E-state index < -0.39 is 28.6 Å². The van der Waals surface area contributed by atoms with Gasteiger partial charge in [-0.25, -0.2) is 22.3 Å². The molecule has 9 nitrogen and oxygen atoms in total. The summed E-state index contributed by atoms with van der Waals surface area (Å²) >= 11 is 13.6. The molecule has 0 aliphatic carbocycles. The van der Waals surface area contributed by atoms with Crippen molar-refractivity contribution in [3.8, 4) is 16.2 Å². The van der Waals surface area contributed by atoms with Crippen LogP contribution >= 0.6 is 34.5 Å². The molecule has 1 aliphatic rings. The van der Waals surface area contributed by atoms with E-state index in [1.165, 1.54) is 11.4 Å². The van der Waals surface area contributed by atoms with Crippen LogP contribution in [-0.4, -0.2) is 62.6 Å². The normalized spacial score (nSPS) is 14.6. The lowest BCUT2D eigenvalue weighted by molar-refractivity contribution is -0.142. The van der Waals surface area contributed by atoms with E-state index in [9.17, 15) is 23.1 Å². The molecule has 4 rings (SSSR count). The zero-order valence-electron chi connectivity index (χ0n) is 20.9. The van der Waals surface area contributed by atoms with Gasteiger partial charge in [0.1, 0.15) is 5.02 Å². The molecule has 208 valence electrons. The van der Waals surface area contributed by atoms with E-state index in [0.717, 1.165) is 17.0 Å². The molecule has 0 amide bonds. The fourth-order valence-corrected chi connectivity index (χ4v) is 7.49. The standard InChI is InChI=1S/C26H26Cl2N2O7S2/c1-36-21(31)14-37-23-22(28)24(38-25(23)26(32)33)16-6-4-7-19(13-16)29-18-9-11-30(12-10-18)39(34,35)15-17-5-2-3-8-20(17)27/h2-8,13,18,29H,9-12,14-15H2,1H3,(H,32,33). The number of ether oxygens (including phenoxy) is 2. The van der Waals surface area contributed by atoms with Gasteiger partial charge in [-0.05, 0) is 42.2 Å². The number of sulfonamides is 1. The van der Waals surface area contributed by atoms with Gasteiger partial charge in [-0.15, -0.1) is 11.3 Å². The Morgan fingerprint density at radius 1 is 1.13 bits per heavy atom. The van der Waals surface area contributed by atoms with Gasteiger partial charge >= 0.3 is 11.9 Å². The van der Waals surface area contributed by atoms with Crippen molar-refractivity contribution >= 4 is 62.2 Å². The molecule has 0 spiro atoms. The van der Waals surface area contributed by atoms with E-state index in [2.05, 4.69) is 10.1 Å². The second kappa shape index (κ2) is 12.6. The van der Waals surface area contributed by atoms with Crippen LogP contribution in [0, 0.1) is 0 Å². The summed E-state index contributed by atoms with van der Waals surface area (Å²) in [6, 6.07) is 14.3. The molecule has 3 aromatic rings. The Balaban J connectivity index is 1.43. The van der Waals surface area contributed by atoms with Crippen LogP contribution in [-0.2, 0) is 25.3 Å². The van der Waals surface area contributed by atoms with E-state index in [1.807, 2.05) is 18.2 Å². The second-order valence-electron chi connectivity index (χ2n) is 8.82. The molecule has 2 heterocycles. The number of rotatable bonds is 10. The van der Waals surface area contributed by atoms with Crippen LogP contribution in [0.1, 0.15) is 28.1 Å². The maximum atomic E-state index is 12.9. The third-order valence-corrected chi connectivity index (χ3v) is 10.1. The summed E-state index contributed by atoms with van der Waals surface area (Å²) in [6.45, 7) is 0.286. The molecule has 0 bridgehead atoms. The van der Waals surface area contributed by atoms with Crippen LogP contribution in [0.5, 0.6) is 5.75 Å². The van der Waals surface area contributed by atoms with Gasteiger partial charge in [-0.3, -0.25) is 0 Å². The predicted octanol–water partition coefficient (Wildman–Crippen LogP) is 5.38. The Morgan fingerprint density at radius 2 is 1.85 bits per heavy atom. The quantitative estimate of drug-likeness (QED) is 0.293.